The molecule has 2 heterocycles. The predicted octanol–water partition coefficient (Wildman–Crippen LogP) is 1.93. The van der Waals surface area contributed by atoms with Crippen LogP contribution in [0.3, 0.4) is 0 Å². The zero-order valence-corrected chi connectivity index (χ0v) is 13.9. The van der Waals surface area contributed by atoms with Crippen molar-refractivity contribution in [1.82, 2.24) is 14.3 Å². The van der Waals surface area contributed by atoms with Crippen LogP contribution in [0.4, 0.5) is 5.13 Å². The van der Waals surface area contributed by atoms with Crippen LogP contribution in [0.2, 0.25) is 0 Å². The minimum absolute atomic E-state index is 0.279. The van der Waals surface area contributed by atoms with Gasteiger partial charge in [0.1, 0.15) is 5.82 Å². The molecular weight excluding hydrogens is 300 g/mol. The van der Waals surface area contributed by atoms with E-state index in [0.717, 1.165) is 49.7 Å². The molecule has 1 aromatic rings. The molecule has 1 atom stereocenters. The van der Waals surface area contributed by atoms with Crippen LogP contribution in [0.25, 0.3) is 0 Å². The van der Waals surface area contributed by atoms with Gasteiger partial charge in [0.05, 0.1) is 6.61 Å². The van der Waals surface area contributed by atoms with Gasteiger partial charge in [0.25, 0.3) is 0 Å². The number of ether oxygens (including phenoxy) is 1. The average molecular weight is 324 g/mol. The SMILES string of the molecule is COCCc1nsc(NC2CCN(C(=O)C3CCCC3)C2)n1. The second-order valence-corrected chi connectivity index (χ2v) is 6.91. The van der Waals surface area contributed by atoms with Crippen LogP contribution in [-0.2, 0) is 16.0 Å². The van der Waals surface area contributed by atoms with Gasteiger partial charge in [0.2, 0.25) is 11.0 Å². The van der Waals surface area contributed by atoms with Crippen molar-refractivity contribution < 1.29 is 9.53 Å². The maximum absolute atomic E-state index is 12.4. The maximum Gasteiger partial charge on any atom is 0.225 e. The van der Waals surface area contributed by atoms with Crippen molar-refractivity contribution in [1.29, 1.82) is 0 Å². The lowest BCUT2D eigenvalue weighted by Crippen LogP contribution is -2.35. The van der Waals surface area contributed by atoms with Crippen LogP contribution >= 0.6 is 11.5 Å². The second kappa shape index (κ2) is 7.37. The third-order valence-corrected chi connectivity index (χ3v) is 5.21. The standard InChI is InChI=1S/C15H24N4O2S/c1-21-9-7-13-17-15(22-18-13)16-12-6-8-19(10-12)14(20)11-4-2-3-5-11/h11-12H,2-10H2,1H3,(H,16,17,18). The molecule has 0 aromatic carbocycles. The Morgan fingerprint density at radius 1 is 1.41 bits per heavy atom. The van der Waals surface area contributed by atoms with Gasteiger partial charge in [-0.3, -0.25) is 4.79 Å². The highest BCUT2D eigenvalue weighted by molar-refractivity contribution is 7.09. The van der Waals surface area contributed by atoms with Crippen LogP contribution in [0, 0.1) is 5.92 Å². The summed E-state index contributed by atoms with van der Waals surface area (Å²) in [6.07, 6.45) is 6.30. The average Bonchev–Trinajstić information content (AvgIpc) is 3.27. The number of likely N-dealkylation sites (tertiary alicyclic amines) is 1. The molecular formula is C15H24N4O2S. The van der Waals surface area contributed by atoms with Crippen LogP contribution in [0.5, 0.6) is 0 Å². The number of amides is 1. The molecule has 1 amide bonds. The third-order valence-electron chi connectivity index (χ3n) is 4.53. The van der Waals surface area contributed by atoms with Gasteiger partial charge in [-0.25, -0.2) is 4.98 Å². The summed E-state index contributed by atoms with van der Waals surface area (Å²) in [5, 5.41) is 4.28. The van der Waals surface area contributed by atoms with Gasteiger partial charge in [0, 0.05) is 50.1 Å². The van der Waals surface area contributed by atoms with Gasteiger partial charge in [-0.1, -0.05) is 12.8 Å². The number of aromatic nitrogens is 2. The molecule has 1 aliphatic heterocycles. The van der Waals surface area contributed by atoms with Crippen molar-refractivity contribution in [2.75, 3.05) is 32.1 Å². The summed E-state index contributed by atoms with van der Waals surface area (Å²) in [4.78, 5) is 18.9. The molecule has 0 radical (unpaired) electrons. The van der Waals surface area contributed by atoms with E-state index in [-0.39, 0.29) is 5.92 Å². The lowest BCUT2D eigenvalue weighted by atomic mass is 10.1. The normalized spacial score (nSPS) is 22.4. The molecule has 1 saturated carbocycles. The Labute approximate surface area is 135 Å². The van der Waals surface area contributed by atoms with Gasteiger partial charge in [-0.15, -0.1) is 0 Å². The fraction of sp³-hybridized carbons (Fsp3) is 0.800. The molecule has 0 spiro atoms. The van der Waals surface area contributed by atoms with Gasteiger partial charge in [-0.2, -0.15) is 4.37 Å². The molecule has 1 unspecified atom stereocenters. The van der Waals surface area contributed by atoms with Crippen LogP contribution < -0.4 is 5.32 Å². The number of carbonyl (C=O) groups excluding carboxylic acids is 1. The van der Waals surface area contributed by atoms with Gasteiger partial charge in [-0.05, 0) is 19.3 Å². The predicted molar refractivity (Wildman–Crippen MR) is 86.1 cm³/mol. The summed E-state index contributed by atoms with van der Waals surface area (Å²) >= 11 is 1.39. The quantitative estimate of drug-likeness (QED) is 0.866. The highest BCUT2D eigenvalue weighted by Crippen LogP contribution is 2.28. The zero-order valence-electron chi connectivity index (χ0n) is 13.1. The minimum Gasteiger partial charge on any atom is -0.384 e. The van der Waals surface area contributed by atoms with Crippen molar-refractivity contribution in [2.24, 2.45) is 5.92 Å². The number of nitrogens with one attached hydrogen (secondary N) is 1. The highest BCUT2D eigenvalue weighted by Gasteiger charge is 2.32. The Balaban J connectivity index is 1.48. The molecule has 22 heavy (non-hydrogen) atoms. The lowest BCUT2D eigenvalue weighted by molar-refractivity contribution is -0.134. The van der Waals surface area contributed by atoms with Crippen LogP contribution in [0.15, 0.2) is 0 Å². The fourth-order valence-corrected chi connectivity index (χ4v) is 3.98. The first-order chi connectivity index (χ1) is 10.8. The highest BCUT2D eigenvalue weighted by atomic mass is 32.1. The molecule has 1 aliphatic carbocycles. The molecule has 3 rings (SSSR count). The fourth-order valence-electron chi connectivity index (χ4n) is 3.29. The minimum atomic E-state index is 0.279. The van der Waals surface area contributed by atoms with Gasteiger partial charge >= 0.3 is 0 Å². The Bertz CT molecular complexity index is 501. The van der Waals surface area contributed by atoms with Gasteiger partial charge in [0.15, 0.2) is 0 Å². The molecule has 2 fully saturated rings. The topological polar surface area (TPSA) is 67.3 Å². The van der Waals surface area contributed by atoms with Crippen molar-refractivity contribution in [3.8, 4) is 0 Å². The molecule has 7 heteroatoms. The summed E-state index contributed by atoms with van der Waals surface area (Å²) in [5.74, 6) is 1.46. The second-order valence-electron chi connectivity index (χ2n) is 6.15. The van der Waals surface area contributed by atoms with E-state index in [1.165, 1.54) is 24.4 Å². The zero-order chi connectivity index (χ0) is 15.4. The van der Waals surface area contributed by atoms with Crippen molar-refractivity contribution in [3.05, 3.63) is 5.82 Å². The van der Waals surface area contributed by atoms with Crippen LogP contribution in [0.1, 0.15) is 37.9 Å². The lowest BCUT2D eigenvalue weighted by Gasteiger charge is -2.20. The van der Waals surface area contributed by atoms with Crippen LogP contribution in [-0.4, -0.2) is 53.0 Å². The first-order valence-corrected chi connectivity index (χ1v) is 8.90. The van der Waals surface area contributed by atoms with E-state index in [2.05, 4.69) is 14.7 Å². The Morgan fingerprint density at radius 3 is 3.00 bits per heavy atom. The monoisotopic (exact) mass is 324 g/mol. The molecule has 6 nitrogen and oxygen atoms in total. The van der Waals surface area contributed by atoms with E-state index in [1.54, 1.807) is 7.11 Å². The number of anilines is 1. The third kappa shape index (κ3) is 3.76. The summed E-state index contributed by atoms with van der Waals surface area (Å²) in [7, 11) is 1.68. The molecule has 122 valence electrons. The number of hydrogen-bond acceptors (Lipinski definition) is 6. The van der Waals surface area contributed by atoms with E-state index in [9.17, 15) is 4.79 Å². The first kappa shape index (κ1) is 15.7. The summed E-state index contributed by atoms with van der Waals surface area (Å²) in [6.45, 7) is 2.30. The first-order valence-electron chi connectivity index (χ1n) is 8.13. The number of hydrogen-bond donors (Lipinski definition) is 1. The molecule has 1 aromatic heterocycles. The molecule has 0 bridgehead atoms. The van der Waals surface area contributed by atoms with Gasteiger partial charge < -0.3 is 15.0 Å². The largest absolute Gasteiger partial charge is 0.384 e. The smallest absolute Gasteiger partial charge is 0.225 e. The van der Waals surface area contributed by atoms with Crippen molar-refractivity contribution in [3.63, 3.8) is 0 Å². The molecule has 1 N–H and O–H groups in total. The maximum atomic E-state index is 12.4. The Hall–Kier alpha value is -1.21. The van der Waals surface area contributed by atoms with E-state index in [1.807, 2.05) is 4.90 Å². The molecule has 2 aliphatic rings. The van der Waals surface area contributed by atoms with E-state index >= 15 is 0 Å². The summed E-state index contributed by atoms with van der Waals surface area (Å²) in [6, 6.07) is 0.300. The number of methoxy groups -OCH3 is 1. The van der Waals surface area contributed by atoms with E-state index in [4.69, 9.17) is 4.74 Å². The Kier molecular flexibility index (Phi) is 5.25. The summed E-state index contributed by atoms with van der Waals surface area (Å²) < 4.78 is 9.36. The summed E-state index contributed by atoms with van der Waals surface area (Å²) in [5.41, 5.74) is 0. The number of nitrogens with zero attached hydrogens (tertiary/aromatic N) is 3. The number of rotatable bonds is 6. The number of carbonyl (C=O) groups is 1. The van der Waals surface area contributed by atoms with Crippen molar-refractivity contribution >= 4 is 22.6 Å². The van der Waals surface area contributed by atoms with E-state index in [0.29, 0.717) is 18.6 Å². The Morgan fingerprint density at radius 2 is 2.23 bits per heavy atom. The van der Waals surface area contributed by atoms with Crippen molar-refractivity contribution in [2.45, 2.75) is 44.6 Å². The molecule has 1 saturated heterocycles. The van der Waals surface area contributed by atoms with E-state index < -0.39 is 0 Å².